The van der Waals surface area contributed by atoms with Crippen molar-refractivity contribution in [2.45, 2.75) is 20.3 Å². The summed E-state index contributed by atoms with van der Waals surface area (Å²) in [5.41, 5.74) is 6.82. The second-order valence-electron chi connectivity index (χ2n) is 9.58. The summed E-state index contributed by atoms with van der Waals surface area (Å²) < 4.78 is 14.6. The molecule has 6 aromatic rings. The van der Waals surface area contributed by atoms with Crippen LogP contribution in [0.2, 0.25) is 0 Å². The second-order valence-corrected chi connectivity index (χ2v) is 9.58. The van der Waals surface area contributed by atoms with Crippen LogP contribution in [0.5, 0.6) is 0 Å². The fourth-order valence-corrected chi connectivity index (χ4v) is 4.55. The molecule has 0 saturated carbocycles. The third kappa shape index (κ3) is 4.39. The Bertz CT molecular complexity index is 1800. The van der Waals surface area contributed by atoms with E-state index in [4.69, 9.17) is 4.98 Å². The summed E-state index contributed by atoms with van der Waals surface area (Å²) in [6.07, 6.45) is 7.14. The van der Waals surface area contributed by atoms with E-state index in [-0.39, 0.29) is 17.6 Å². The highest BCUT2D eigenvalue weighted by Crippen LogP contribution is 2.34. The molecule has 6 rings (SSSR count). The summed E-state index contributed by atoms with van der Waals surface area (Å²) >= 11 is 0. The van der Waals surface area contributed by atoms with Crippen molar-refractivity contribution >= 4 is 33.5 Å². The van der Waals surface area contributed by atoms with E-state index in [2.05, 4.69) is 30.5 Å². The van der Waals surface area contributed by atoms with Gasteiger partial charge in [-0.25, -0.2) is 9.37 Å². The van der Waals surface area contributed by atoms with E-state index < -0.39 is 0 Å². The molecular formula is C29H24FN7O. The van der Waals surface area contributed by atoms with Crippen LogP contribution in [0.4, 0.5) is 10.1 Å². The number of pyridine rings is 3. The molecule has 0 aliphatic heterocycles. The van der Waals surface area contributed by atoms with E-state index >= 15 is 0 Å². The number of H-pyrrole nitrogens is 2. The lowest BCUT2D eigenvalue weighted by atomic mass is 10.0. The maximum atomic E-state index is 14.6. The van der Waals surface area contributed by atoms with Crippen LogP contribution in [0, 0.1) is 11.7 Å². The molecule has 1 amide bonds. The average Bonchev–Trinajstić information content (AvgIpc) is 3.52. The van der Waals surface area contributed by atoms with Gasteiger partial charge in [-0.1, -0.05) is 32.0 Å². The van der Waals surface area contributed by atoms with Gasteiger partial charge >= 0.3 is 0 Å². The van der Waals surface area contributed by atoms with Crippen LogP contribution in [0.1, 0.15) is 20.3 Å². The van der Waals surface area contributed by atoms with Crippen molar-refractivity contribution in [3.8, 4) is 33.8 Å². The SMILES string of the molecule is CC(C)CC(=O)Nc1cncc(-c2ccc3[nH]nc(-c4cc5c(-c6ccccc6F)cncc5[nH]4)c3n2)c1. The molecule has 0 radical (unpaired) electrons. The molecule has 0 fully saturated rings. The van der Waals surface area contributed by atoms with E-state index in [1.807, 2.05) is 38.1 Å². The number of fused-ring (bicyclic) bond motifs is 2. The van der Waals surface area contributed by atoms with Crippen molar-refractivity contribution in [2.75, 3.05) is 5.32 Å². The van der Waals surface area contributed by atoms with Gasteiger partial charge in [0.25, 0.3) is 0 Å². The molecule has 38 heavy (non-hydrogen) atoms. The highest BCUT2D eigenvalue weighted by molar-refractivity contribution is 6.00. The first-order valence-electron chi connectivity index (χ1n) is 12.3. The molecule has 3 N–H and O–H groups in total. The molecule has 9 heteroatoms. The molecule has 5 aromatic heterocycles. The van der Waals surface area contributed by atoms with Gasteiger partial charge in [0.05, 0.1) is 40.5 Å². The Kier molecular flexibility index (Phi) is 5.88. The van der Waals surface area contributed by atoms with E-state index in [1.54, 1.807) is 43.0 Å². The Hall–Kier alpha value is -4.92. The molecule has 8 nitrogen and oxygen atoms in total. The third-order valence-electron chi connectivity index (χ3n) is 6.28. The minimum Gasteiger partial charge on any atom is -0.352 e. The summed E-state index contributed by atoms with van der Waals surface area (Å²) in [5.74, 6) is -0.0993. The molecule has 0 unspecified atom stereocenters. The Morgan fingerprint density at radius 2 is 1.82 bits per heavy atom. The number of carbonyl (C=O) groups excluding carboxylic acids is 1. The van der Waals surface area contributed by atoms with Crippen LogP contribution in [0.15, 0.2) is 73.3 Å². The number of halogens is 1. The third-order valence-corrected chi connectivity index (χ3v) is 6.28. The fraction of sp³-hybridized carbons (Fsp3) is 0.138. The van der Waals surface area contributed by atoms with Crippen LogP contribution in [-0.2, 0) is 4.79 Å². The maximum absolute atomic E-state index is 14.6. The predicted molar refractivity (Wildman–Crippen MR) is 146 cm³/mol. The van der Waals surface area contributed by atoms with Gasteiger partial charge in [0.2, 0.25) is 5.91 Å². The Labute approximate surface area is 217 Å². The minimum atomic E-state index is -0.308. The summed E-state index contributed by atoms with van der Waals surface area (Å²) in [6, 6.07) is 14.2. The van der Waals surface area contributed by atoms with Crippen molar-refractivity contribution in [1.82, 2.24) is 30.1 Å². The molecule has 0 atom stereocenters. The van der Waals surface area contributed by atoms with Gasteiger partial charge in [0, 0.05) is 40.9 Å². The summed E-state index contributed by atoms with van der Waals surface area (Å²) in [7, 11) is 0. The normalized spacial score (nSPS) is 11.5. The Morgan fingerprint density at radius 1 is 0.974 bits per heavy atom. The molecule has 0 bridgehead atoms. The molecule has 0 saturated heterocycles. The van der Waals surface area contributed by atoms with Crippen molar-refractivity contribution < 1.29 is 9.18 Å². The highest BCUT2D eigenvalue weighted by Gasteiger charge is 2.17. The molecule has 1 aromatic carbocycles. The number of benzene rings is 1. The number of rotatable bonds is 6. The zero-order chi connectivity index (χ0) is 26.2. The lowest BCUT2D eigenvalue weighted by Gasteiger charge is -2.08. The maximum Gasteiger partial charge on any atom is 0.224 e. The first kappa shape index (κ1) is 23.5. The molecule has 0 spiro atoms. The topological polar surface area (TPSA) is 112 Å². The van der Waals surface area contributed by atoms with Crippen LogP contribution in [0.25, 0.3) is 55.7 Å². The zero-order valence-corrected chi connectivity index (χ0v) is 20.8. The number of carbonyl (C=O) groups is 1. The Balaban J connectivity index is 1.39. The number of aromatic nitrogens is 6. The van der Waals surface area contributed by atoms with Crippen LogP contribution >= 0.6 is 0 Å². The number of hydrogen-bond acceptors (Lipinski definition) is 5. The molecule has 188 valence electrons. The fourth-order valence-electron chi connectivity index (χ4n) is 4.55. The highest BCUT2D eigenvalue weighted by atomic mass is 19.1. The number of amides is 1. The van der Waals surface area contributed by atoms with Crippen LogP contribution in [-0.4, -0.2) is 36.0 Å². The predicted octanol–water partition coefficient (Wildman–Crippen LogP) is 6.35. The van der Waals surface area contributed by atoms with Crippen molar-refractivity contribution in [1.29, 1.82) is 0 Å². The standard InChI is InChI=1S/C29H24FN7O/c1-16(2)9-27(38)33-18-10-17(12-31-13-18)23-7-8-24-28(35-23)29(37-36-24)25-11-20-21(14-32-15-26(20)34-25)19-5-3-4-6-22(19)30/h3-8,10-16,34H,9H2,1-2H3,(H,33,38)(H,36,37). The number of hydrogen-bond donors (Lipinski definition) is 3. The summed E-state index contributed by atoms with van der Waals surface area (Å²) in [4.78, 5) is 29.1. The van der Waals surface area contributed by atoms with E-state index in [0.717, 1.165) is 27.7 Å². The minimum absolute atomic E-state index is 0.0532. The van der Waals surface area contributed by atoms with E-state index in [0.29, 0.717) is 40.1 Å². The first-order chi connectivity index (χ1) is 18.5. The van der Waals surface area contributed by atoms with Crippen LogP contribution < -0.4 is 5.32 Å². The summed E-state index contributed by atoms with van der Waals surface area (Å²) in [6.45, 7) is 4.00. The summed E-state index contributed by atoms with van der Waals surface area (Å²) in [5, 5.41) is 11.3. The number of nitrogens with one attached hydrogen (secondary N) is 3. The molecule has 5 heterocycles. The first-order valence-corrected chi connectivity index (χ1v) is 12.3. The number of nitrogens with zero attached hydrogens (tertiary/aromatic N) is 4. The second kappa shape index (κ2) is 9.51. The Morgan fingerprint density at radius 3 is 2.66 bits per heavy atom. The molecular weight excluding hydrogens is 481 g/mol. The van der Waals surface area contributed by atoms with Crippen molar-refractivity contribution in [2.24, 2.45) is 5.92 Å². The van der Waals surface area contributed by atoms with Gasteiger partial charge in [-0.15, -0.1) is 0 Å². The van der Waals surface area contributed by atoms with Gasteiger partial charge in [-0.3, -0.25) is 19.9 Å². The molecule has 0 aliphatic carbocycles. The number of anilines is 1. The van der Waals surface area contributed by atoms with E-state index in [9.17, 15) is 9.18 Å². The van der Waals surface area contributed by atoms with Crippen LogP contribution in [0.3, 0.4) is 0 Å². The van der Waals surface area contributed by atoms with Gasteiger partial charge in [-0.2, -0.15) is 5.10 Å². The van der Waals surface area contributed by atoms with E-state index in [1.165, 1.54) is 6.07 Å². The monoisotopic (exact) mass is 505 g/mol. The largest absolute Gasteiger partial charge is 0.352 e. The average molecular weight is 506 g/mol. The van der Waals surface area contributed by atoms with Gasteiger partial charge < -0.3 is 10.3 Å². The smallest absolute Gasteiger partial charge is 0.224 e. The van der Waals surface area contributed by atoms with Gasteiger partial charge in [-0.05, 0) is 36.2 Å². The van der Waals surface area contributed by atoms with Crippen molar-refractivity contribution in [3.63, 3.8) is 0 Å². The lowest BCUT2D eigenvalue weighted by molar-refractivity contribution is -0.116. The van der Waals surface area contributed by atoms with Crippen molar-refractivity contribution in [3.05, 3.63) is 79.1 Å². The lowest BCUT2D eigenvalue weighted by Crippen LogP contribution is -2.13. The quantitative estimate of drug-likeness (QED) is 0.244. The van der Waals surface area contributed by atoms with Gasteiger partial charge in [0.1, 0.15) is 17.0 Å². The van der Waals surface area contributed by atoms with Gasteiger partial charge in [0.15, 0.2) is 0 Å². The molecule has 0 aliphatic rings. The zero-order valence-electron chi connectivity index (χ0n) is 20.8. The number of aromatic amines is 2.